The van der Waals surface area contributed by atoms with E-state index in [-0.39, 0.29) is 34.6 Å². The minimum atomic E-state index is -3.56. The average molecular weight is 520 g/mol. The maximum absolute atomic E-state index is 12.6. The lowest BCUT2D eigenvalue weighted by molar-refractivity contribution is -0.384. The number of halogens is 1. The van der Waals surface area contributed by atoms with Crippen LogP contribution < -0.4 is 0 Å². The van der Waals surface area contributed by atoms with Gasteiger partial charge in [-0.25, -0.2) is 13.4 Å². The molecule has 2 heterocycles. The highest BCUT2D eigenvalue weighted by molar-refractivity contribution is 7.91. The summed E-state index contributed by atoms with van der Waals surface area (Å²) in [6.45, 7) is 1.04. The molecule has 0 aliphatic carbocycles. The van der Waals surface area contributed by atoms with Crippen molar-refractivity contribution in [2.75, 3.05) is 18.8 Å². The Morgan fingerprint density at radius 3 is 2.50 bits per heavy atom. The molecule has 1 fully saturated rings. The second-order valence-corrected chi connectivity index (χ2v) is 11.5. The lowest BCUT2D eigenvalue weighted by atomic mass is 9.97. The molecule has 1 aromatic heterocycles. The van der Waals surface area contributed by atoms with Crippen LogP contribution in [0.15, 0.2) is 58.8 Å². The third-order valence-corrected chi connectivity index (χ3v) is 8.84. The van der Waals surface area contributed by atoms with Crippen molar-refractivity contribution < 1.29 is 18.1 Å². The van der Waals surface area contributed by atoms with E-state index in [1.165, 1.54) is 41.7 Å². The highest BCUT2D eigenvalue weighted by Crippen LogP contribution is 2.35. The van der Waals surface area contributed by atoms with Gasteiger partial charge in [-0.05, 0) is 43.2 Å². The van der Waals surface area contributed by atoms with Crippen LogP contribution in [-0.4, -0.2) is 48.0 Å². The van der Waals surface area contributed by atoms with Crippen LogP contribution in [0.2, 0.25) is 5.02 Å². The number of hydrogen-bond donors (Lipinski definition) is 0. The lowest BCUT2D eigenvalue weighted by Gasteiger charge is -2.31. The second kappa shape index (κ2) is 10.2. The first kappa shape index (κ1) is 24.3. The summed E-state index contributed by atoms with van der Waals surface area (Å²) < 4.78 is 25.0. The molecule has 11 heteroatoms. The summed E-state index contributed by atoms with van der Waals surface area (Å²) in [6.07, 6.45) is 1.34. The summed E-state index contributed by atoms with van der Waals surface area (Å²) in [5.74, 6) is -0.280. The van der Waals surface area contributed by atoms with Crippen LogP contribution >= 0.6 is 22.9 Å². The van der Waals surface area contributed by atoms with Gasteiger partial charge in [-0.2, -0.15) is 0 Å². The summed E-state index contributed by atoms with van der Waals surface area (Å²) >= 11 is 7.28. The van der Waals surface area contributed by atoms with E-state index in [0.29, 0.717) is 42.2 Å². The van der Waals surface area contributed by atoms with Crippen LogP contribution in [0.1, 0.15) is 30.2 Å². The Hall–Kier alpha value is -2.82. The number of aromatic nitrogens is 1. The second-order valence-electron chi connectivity index (χ2n) is 8.02. The molecule has 4 rings (SSSR count). The molecular weight excluding hydrogens is 498 g/mol. The maximum Gasteiger partial charge on any atom is 0.278 e. The molecule has 34 heavy (non-hydrogen) atoms. The Bertz CT molecular complexity index is 1300. The Labute approximate surface area is 206 Å². The van der Waals surface area contributed by atoms with Crippen LogP contribution in [0.5, 0.6) is 0 Å². The maximum atomic E-state index is 12.6. The fourth-order valence-corrected chi connectivity index (χ4v) is 6.31. The van der Waals surface area contributed by atoms with Gasteiger partial charge in [0, 0.05) is 41.9 Å². The summed E-state index contributed by atoms with van der Waals surface area (Å²) in [5.41, 5.74) is 1.09. The van der Waals surface area contributed by atoms with Crippen LogP contribution in [0.3, 0.4) is 0 Å². The SMILES string of the molecule is O=C(CCS(=O)(=O)c1ccc(Cl)cc1)N1CCC(c2nc(-c3ccccc3[N+](=O)[O-])cs2)CC1. The van der Waals surface area contributed by atoms with Gasteiger partial charge in [-0.1, -0.05) is 23.7 Å². The van der Waals surface area contributed by atoms with Gasteiger partial charge in [0.2, 0.25) is 5.91 Å². The number of likely N-dealkylation sites (tertiary alicyclic amines) is 1. The van der Waals surface area contributed by atoms with Gasteiger partial charge in [0.1, 0.15) is 0 Å². The number of sulfone groups is 1. The fraction of sp³-hybridized carbons (Fsp3) is 0.304. The average Bonchev–Trinajstić information content (AvgIpc) is 3.33. The van der Waals surface area contributed by atoms with Gasteiger partial charge in [-0.3, -0.25) is 14.9 Å². The van der Waals surface area contributed by atoms with E-state index >= 15 is 0 Å². The van der Waals surface area contributed by atoms with Gasteiger partial charge < -0.3 is 4.90 Å². The Kier molecular flexibility index (Phi) is 7.30. The third-order valence-electron chi connectivity index (χ3n) is 5.85. The third kappa shape index (κ3) is 5.45. The molecule has 1 aliphatic rings. The topological polar surface area (TPSA) is 110 Å². The molecular formula is C23H22ClN3O5S2. The molecule has 8 nitrogen and oxygen atoms in total. The molecule has 2 aromatic carbocycles. The van der Waals surface area contributed by atoms with Gasteiger partial charge in [0.05, 0.1) is 31.8 Å². The van der Waals surface area contributed by atoms with E-state index in [1.807, 2.05) is 5.38 Å². The van der Waals surface area contributed by atoms with Crippen molar-refractivity contribution in [2.45, 2.75) is 30.1 Å². The zero-order chi connectivity index (χ0) is 24.3. The summed E-state index contributed by atoms with van der Waals surface area (Å²) in [4.78, 5) is 30.0. The number of carbonyl (C=O) groups excluding carboxylic acids is 1. The number of carbonyl (C=O) groups is 1. The fourth-order valence-electron chi connectivity index (χ4n) is 3.96. The quantitative estimate of drug-likeness (QED) is 0.323. The number of hydrogen-bond acceptors (Lipinski definition) is 7. The van der Waals surface area contributed by atoms with Crippen LogP contribution in [0, 0.1) is 10.1 Å². The first-order chi connectivity index (χ1) is 16.2. The summed E-state index contributed by atoms with van der Waals surface area (Å²) in [6, 6.07) is 12.4. The van der Waals surface area contributed by atoms with Gasteiger partial charge in [-0.15, -0.1) is 11.3 Å². The number of nitro groups is 1. The molecule has 178 valence electrons. The lowest BCUT2D eigenvalue weighted by Crippen LogP contribution is -2.38. The van der Waals surface area contributed by atoms with E-state index in [2.05, 4.69) is 4.98 Å². The molecule has 0 spiro atoms. The van der Waals surface area contributed by atoms with Crippen molar-refractivity contribution in [3.63, 3.8) is 0 Å². The van der Waals surface area contributed by atoms with Crippen molar-refractivity contribution in [3.05, 3.63) is 74.1 Å². The van der Waals surface area contributed by atoms with E-state index in [4.69, 9.17) is 11.6 Å². The highest BCUT2D eigenvalue weighted by atomic mass is 35.5. The molecule has 1 aliphatic heterocycles. The summed E-state index contributed by atoms with van der Waals surface area (Å²) in [5, 5.41) is 14.5. The van der Waals surface area contributed by atoms with Gasteiger partial charge >= 0.3 is 0 Å². The normalized spacial score (nSPS) is 14.8. The minimum Gasteiger partial charge on any atom is -0.343 e. The Morgan fingerprint density at radius 2 is 1.82 bits per heavy atom. The van der Waals surface area contributed by atoms with Gasteiger partial charge in [0.15, 0.2) is 9.84 Å². The molecule has 1 amide bonds. The number of thiazole rings is 1. The van der Waals surface area contributed by atoms with Crippen molar-refractivity contribution in [2.24, 2.45) is 0 Å². The predicted octanol–water partition coefficient (Wildman–Crippen LogP) is 4.94. The van der Waals surface area contributed by atoms with Gasteiger partial charge in [0.25, 0.3) is 5.69 Å². The number of piperidine rings is 1. The predicted molar refractivity (Wildman–Crippen MR) is 131 cm³/mol. The van der Waals surface area contributed by atoms with E-state index in [9.17, 15) is 23.3 Å². The van der Waals surface area contributed by atoms with E-state index in [1.54, 1.807) is 23.1 Å². The monoisotopic (exact) mass is 519 g/mol. The molecule has 0 unspecified atom stereocenters. The standard InChI is InChI=1S/C23H22ClN3O5S2/c24-17-5-7-18(8-6-17)34(31,32)14-11-22(28)26-12-9-16(10-13-26)23-25-20(15-33-23)19-3-1-2-4-21(19)27(29)30/h1-8,15-16H,9-14H2. The molecule has 0 atom stereocenters. The van der Waals surface area contributed by atoms with Crippen molar-refractivity contribution in [1.29, 1.82) is 0 Å². The molecule has 0 radical (unpaired) electrons. The first-order valence-electron chi connectivity index (χ1n) is 10.7. The van der Waals surface area contributed by atoms with Crippen molar-refractivity contribution in [1.82, 2.24) is 9.88 Å². The molecule has 0 saturated carbocycles. The smallest absolute Gasteiger partial charge is 0.278 e. The Morgan fingerprint density at radius 1 is 1.15 bits per heavy atom. The zero-order valence-electron chi connectivity index (χ0n) is 18.1. The number of rotatable bonds is 7. The van der Waals surface area contributed by atoms with Crippen molar-refractivity contribution >= 4 is 44.4 Å². The number of nitrogens with zero attached hydrogens (tertiary/aromatic N) is 3. The number of amides is 1. The largest absolute Gasteiger partial charge is 0.343 e. The number of para-hydroxylation sites is 1. The first-order valence-corrected chi connectivity index (χ1v) is 13.6. The molecule has 0 N–H and O–H groups in total. The summed E-state index contributed by atoms with van der Waals surface area (Å²) in [7, 11) is -3.56. The Balaban J connectivity index is 1.34. The number of nitro benzene ring substituents is 1. The minimum absolute atomic E-state index is 0.0216. The molecule has 3 aromatic rings. The van der Waals surface area contributed by atoms with Crippen LogP contribution in [0.4, 0.5) is 5.69 Å². The van der Waals surface area contributed by atoms with E-state index in [0.717, 1.165) is 5.01 Å². The van der Waals surface area contributed by atoms with Crippen molar-refractivity contribution in [3.8, 4) is 11.3 Å². The van der Waals surface area contributed by atoms with E-state index < -0.39 is 14.8 Å². The number of benzene rings is 2. The van der Waals surface area contributed by atoms with Crippen LogP contribution in [0.25, 0.3) is 11.3 Å². The zero-order valence-corrected chi connectivity index (χ0v) is 20.5. The highest BCUT2D eigenvalue weighted by Gasteiger charge is 2.27. The van der Waals surface area contributed by atoms with Crippen LogP contribution in [-0.2, 0) is 14.6 Å². The molecule has 0 bridgehead atoms. The molecule has 1 saturated heterocycles.